The van der Waals surface area contributed by atoms with E-state index in [9.17, 15) is 4.79 Å². The van der Waals surface area contributed by atoms with E-state index in [1.54, 1.807) is 0 Å². The molecule has 1 saturated heterocycles. The topological polar surface area (TPSA) is 61.9 Å². The summed E-state index contributed by atoms with van der Waals surface area (Å²) in [4.78, 5) is 18.6. The summed E-state index contributed by atoms with van der Waals surface area (Å²) in [5.74, 6) is 2.76. The molecule has 108 valence electrons. The molecule has 1 saturated carbocycles. The van der Waals surface area contributed by atoms with Crippen LogP contribution >= 0.6 is 0 Å². The van der Waals surface area contributed by atoms with Gasteiger partial charge in [0.25, 0.3) is 0 Å². The van der Waals surface area contributed by atoms with Crippen LogP contribution in [0.4, 0.5) is 0 Å². The van der Waals surface area contributed by atoms with Crippen LogP contribution < -0.4 is 0 Å². The van der Waals surface area contributed by atoms with Crippen molar-refractivity contribution >= 4 is 5.91 Å². The van der Waals surface area contributed by atoms with Crippen molar-refractivity contribution in [2.24, 2.45) is 0 Å². The predicted octanol–water partition coefficient (Wildman–Crippen LogP) is 2.20. The Morgan fingerprint density at radius 1 is 1.19 bits per heavy atom. The fraction of sp³-hybridized carbons (Fsp3) is 0.438. The van der Waals surface area contributed by atoms with E-state index in [1.165, 1.54) is 18.4 Å². The Kier molecular flexibility index (Phi) is 2.98. The van der Waals surface area contributed by atoms with E-state index >= 15 is 0 Å². The molecule has 2 fully saturated rings. The van der Waals surface area contributed by atoms with Gasteiger partial charge in [0, 0.05) is 24.8 Å². The molecule has 5 heteroatoms. The molecule has 1 amide bonds. The van der Waals surface area contributed by atoms with Crippen molar-refractivity contribution in [3.8, 4) is 0 Å². The van der Waals surface area contributed by atoms with Gasteiger partial charge in [0.05, 0.1) is 6.54 Å². The maximum absolute atomic E-state index is 12.2. The van der Waals surface area contributed by atoms with Gasteiger partial charge in [-0.1, -0.05) is 30.3 Å². The standard InChI is InChI=1S/C16H18N4O/c21-15-8-13(11-4-2-1-3-5-11)9-20(15)10-14-17-16(19-18-14)12-6-7-12/h1-5,12-13H,6-10H2,(H,17,18,19). The Hall–Kier alpha value is -2.17. The number of benzene rings is 1. The van der Waals surface area contributed by atoms with E-state index in [4.69, 9.17) is 0 Å². The summed E-state index contributed by atoms with van der Waals surface area (Å²) in [5, 5.41) is 7.22. The Labute approximate surface area is 123 Å². The Bertz CT molecular complexity index is 647. The average molecular weight is 282 g/mol. The summed E-state index contributed by atoms with van der Waals surface area (Å²) >= 11 is 0. The Balaban J connectivity index is 1.44. The van der Waals surface area contributed by atoms with E-state index in [1.807, 2.05) is 23.1 Å². The fourth-order valence-corrected chi connectivity index (χ4v) is 2.96. The van der Waals surface area contributed by atoms with Crippen LogP contribution in [0.5, 0.6) is 0 Å². The molecular weight excluding hydrogens is 264 g/mol. The van der Waals surface area contributed by atoms with Crippen molar-refractivity contribution in [3.05, 3.63) is 47.5 Å². The zero-order valence-corrected chi connectivity index (χ0v) is 11.8. The first-order valence-electron chi connectivity index (χ1n) is 7.53. The second-order valence-corrected chi connectivity index (χ2v) is 6.00. The quantitative estimate of drug-likeness (QED) is 0.935. The minimum Gasteiger partial charge on any atom is -0.335 e. The zero-order chi connectivity index (χ0) is 14.2. The number of hydrogen-bond donors (Lipinski definition) is 1. The summed E-state index contributed by atoms with van der Waals surface area (Å²) in [7, 11) is 0. The molecule has 1 aromatic carbocycles. The van der Waals surface area contributed by atoms with Gasteiger partial charge in [-0.3, -0.25) is 9.89 Å². The molecule has 4 rings (SSSR count). The van der Waals surface area contributed by atoms with Crippen LogP contribution in [0.3, 0.4) is 0 Å². The minimum absolute atomic E-state index is 0.202. The second-order valence-electron chi connectivity index (χ2n) is 6.00. The third kappa shape index (κ3) is 2.55. The molecule has 2 aliphatic rings. The van der Waals surface area contributed by atoms with Gasteiger partial charge in [-0.25, -0.2) is 4.98 Å². The van der Waals surface area contributed by atoms with Crippen LogP contribution in [-0.4, -0.2) is 32.5 Å². The van der Waals surface area contributed by atoms with Crippen molar-refractivity contribution < 1.29 is 4.79 Å². The molecule has 5 nitrogen and oxygen atoms in total. The third-order valence-electron chi connectivity index (χ3n) is 4.32. The molecule has 1 N–H and O–H groups in total. The van der Waals surface area contributed by atoms with E-state index in [-0.39, 0.29) is 5.91 Å². The van der Waals surface area contributed by atoms with Crippen LogP contribution in [0.2, 0.25) is 0 Å². The lowest BCUT2D eigenvalue weighted by atomic mass is 9.99. The van der Waals surface area contributed by atoms with E-state index < -0.39 is 0 Å². The van der Waals surface area contributed by atoms with Crippen LogP contribution in [0, 0.1) is 0 Å². The highest BCUT2D eigenvalue weighted by molar-refractivity contribution is 5.79. The summed E-state index contributed by atoms with van der Waals surface area (Å²) in [5.41, 5.74) is 1.24. The molecular formula is C16H18N4O. The van der Waals surface area contributed by atoms with Gasteiger partial charge < -0.3 is 4.90 Å². The van der Waals surface area contributed by atoms with Crippen LogP contribution in [0.15, 0.2) is 30.3 Å². The van der Waals surface area contributed by atoms with Crippen LogP contribution in [0.25, 0.3) is 0 Å². The minimum atomic E-state index is 0.202. The summed E-state index contributed by atoms with van der Waals surface area (Å²) in [6, 6.07) is 10.3. The molecule has 0 radical (unpaired) electrons. The van der Waals surface area contributed by atoms with Crippen LogP contribution in [-0.2, 0) is 11.3 Å². The largest absolute Gasteiger partial charge is 0.335 e. The lowest BCUT2D eigenvalue weighted by molar-refractivity contribution is -0.128. The lowest BCUT2D eigenvalue weighted by Gasteiger charge is -2.14. The summed E-state index contributed by atoms with van der Waals surface area (Å²) in [6.45, 7) is 1.31. The van der Waals surface area contributed by atoms with Crippen molar-refractivity contribution in [3.63, 3.8) is 0 Å². The van der Waals surface area contributed by atoms with Crippen molar-refractivity contribution in [1.82, 2.24) is 20.1 Å². The highest BCUT2D eigenvalue weighted by atomic mass is 16.2. The van der Waals surface area contributed by atoms with Gasteiger partial charge in [-0.15, -0.1) is 0 Å². The van der Waals surface area contributed by atoms with E-state index in [0.29, 0.717) is 24.8 Å². The SMILES string of the molecule is O=C1CC(c2ccccc2)CN1Cc1nc(C2CC2)n[nH]1. The molecule has 0 bridgehead atoms. The monoisotopic (exact) mass is 282 g/mol. The Morgan fingerprint density at radius 2 is 2.00 bits per heavy atom. The molecule has 2 aromatic rings. The molecule has 1 atom stereocenters. The normalized spacial score (nSPS) is 22.0. The summed E-state index contributed by atoms with van der Waals surface area (Å²) < 4.78 is 0. The predicted molar refractivity (Wildman–Crippen MR) is 77.6 cm³/mol. The van der Waals surface area contributed by atoms with E-state index in [2.05, 4.69) is 27.3 Å². The first-order valence-corrected chi connectivity index (χ1v) is 7.53. The van der Waals surface area contributed by atoms with Crippen molar-refractivity contribution in [1.29, 1.82) is 0 Å². The molecule has 0 spiro atoms. The maximum Gasteiger partial charge on any atom is 0.223 e. The number of carbonyl (C=O) groups is 1. The van der Waals surface area contributed by atoms with Gasteiger partial charge in [-0.05, 0) is 18.4 Å². The number of likely N-dealkylation sites (tertiary alicyclic amines) is 1. The van der Waals surface area contributed by atoms with Gasteiger partial charge in [0.2, 0.25) is 5.91 Å². The Morgan fingerprint density at radius 3 is 2.76 bits per heavy atom. The number of aromatic nitrogens is 3. The average Bonchev–Trinajstić information content (AvgIpc) is 3.16. The van der Waals surface area contributed by atoms with Gasteiger partial charge >= 0.3 is 0 Å². The molecule has 1 aromatic heterocycles. The number of nitrogens with one attached hydrogen (secondary N) is 1. The van der Waals surface area contributed by atoms with Crippen molar-refractivity contribution in [2.45, 2.75) is 37.6 Å². The number of nitrogens with zero attached hydrogens (tertiary/aromatic N) is 3. The molecule has 2 heterocycles. The van der Waals surface area contributed by atoms with Gasteiger partial charge in [0.1, 0.15) is 5.82 Å². The number of aromatic amines is 1. The first kappa shape index (κ1) is 12.6. The fourth-order valence-electron chi connectivity index (χ4n) is 2.96. The number of amides is 1. The van der Waals surface area contributed by atoms with Crippen molar-refractivity contribution in [2.75, 3.05) is 6.54 Å². The number of hydrogen-bond acceptors (Lipinski definition) is 3. The third-order valence-corrected chi connectivity index (χ3v) is 4.32. The van der Waals surface area contributed by atoms with Gasteiger partial charge in [-0.2, -0.15) is 5.10 Å². The molecule has 21 heavy (non-hydrogen) atoms. The number of rotatable bonds is 4. The summed E-state index contributed by atoms with van der Waals surface area (Å²) in [6.07, 6.45) is 2.97. The zero-order valence-electron chi connectivity index (χ0n) is 11.8. The smallest absolute Gasteiger partial charge is 0.223 e. The molecule has 1 unspecified atom stereocenters. The lowest BCUT2D eigenvalue weighted by Crippen LogP contribution is -2.25. The number of H-pyrrole nitrogens is 1. The number of carbonyl (C=O) groups excluding carboxylic acids is 1. The highest BCUT2D eigenvalue weighted by Gasteiger charge is 2.32. The second kappa shape index (κ2) is 4.98. The molecule has 1 aliphatic heterocycles. The molecule has 1 aliphatic carbocycles. The van der Waals surface area contributed by atoms with Crippen LogP contribution in [0.1, 0.15) is 48.3 Å². The first-order chi connectivity index (χ1) is 10.3. The van der Waals surface area contributed by atoms with Gasteiger partial charge in [0.15, 0.2) is 5.82 Å². The van der Waals surface area contributed by atoms with E-state index in [0.717, 1.165) is 18.2 Å². The highest BCUT2D eigenvalue weighted by Crippen LogP contribution is 2.38. The maximum atomic E-state index is 12.2.